The summed E-state index contributed by atoms with van der Waals surface area (Å²) in [5, 5.41) is -1.86. The summed E-state index contributed by atoms with van der Waals surface area (Å²) in [4.78, 5) is 12.8. The maximum absolute atomic E-state index is 14.5. The van der Waals surface area contributed by atoms with Gasteiger partial charge in [-0.3, -0.25) is 9.36 Å². The number of sulfonamides is 1. The molecule has 0 aromatic heterocycles. The Morgan fingerprint density at radius 2 is 1.56 bits per heavy atom. The number of carbonyl (C=O) groups excluding carboxylic acids is 1. The summed E-state index contributed by atoms with van der Waals surface area (Å²) in [7, 11) is -8.03. The van der Waals surface area contributed by atoms with E-state index in [4.69, 9.17) is 9.05 Å². The van der Waals surface area contributed by atoms with Gasteiger partial charge in [-0.1, -0.05) is 63.8 Å². The topological polar surface area (TPSA) is 98.8 Å². The highest BCUT2D eigenvalue weighted by Crippen LogP contribution is 2.66. The molecule has 0 radical (unpaired) electrons. The number of ketones is 1. The quantitative estimate of drug-likeness (QED) is 0.230. The first-order valence-electron chi connectivity index (χ1n) is 11.1. The van der Waals surface area contributed by atoms with Gasteiger partial charge >= 0.3 is 7.60 Å². The van der Waals surface area contributed by atoms with Gasteiger partial charge in [0.2, 0.25) is 10.0 Å². The van der Waals surface area contributed by atoms with Crippen molar-refractivity contribution in [2.75, 3.05) is 19.0 Å². The van der Waals surface area contributed by atoms with Gasteiger partial charge in [-0.2, -0.15) is 4.72 Å². The van der Waals surface area contributed by atoms with Crippen molar-refractivity contribution in [3.8, 4) is 0 Å². The number of allylic oxidation sites excluding steroid dienone is 1. The summed E-state index contributed by atoms with van der Waals surface area (Å²) in [6.45, 7) is 5.87. The average Bonchev–Trinajstić information content (AvgIpc) is 2.77. The normalized spacial score (nSPS) is 19.0. The molecule has 10 heteroatoms. The number of Topliss-reactive ketones (excluding diaryl/α,β-unsaturated/α-hetero) is 1. The monoisotopic (exact) mass is 549 g/mol. The fourth-order valence-corrected chi connectivity index (χ4v) is 7.84. The van der Waals surface area contributed by atoms with E-state index in [-0.39, 0.29) is 40.4 Å². The van der Waals surface area contributed by atoms with Crippen molar-refractivity contribution >= 4 is 39.3 Å². The fraction of sp³-hybridized carbons (Fsp3) is 0.591. The van der Waals surface area contributed by atoms with Crippen LogP contribution < -0.4 is 4.72 Å². The summed E-state index contributed by atoms with van der Waals surface area (Å²) < 4.78 is 54.6. The Morgan fingerprint density at radius 3 is 2.09 bits per heavy atom. The van der Waals surface area contributed by atoms with Gasteiger partial charge in [0.1, 0.15) is 0 Å². The minimum atomic E-state index is -4.16. The molecule has 7 nitrogen and oxygen atoms in total. The summed E-state index contributed by atoms with van der Waals surface area (Å²) in [5.41, 5.74) is 0.509. The summed E-state index contributed by atoms with van der Waals surface area (Å²) in [6.07, 6.45) is 6.28. The molecule has 0 aliphatic heterocycles. The number of fused-ring (bicyclic) bond motifs is 1. The van der Waals surface area contributed by atoms with Gasteiger partial charge < -0.3 is 9.05 Å². The number of halogens is 1. The molecule has 0 bridgehead atoms. The zero-order chi connectivity index (χ0) is 23.8. The Labute approximate surface area is 200 Å². The molecule has 1 unspecified atom stereocenters. The van der Waals surface area contributed by atoms with E-state index in [1.807, 2.05) is 13.8 Å². The standard InChI is InChI=1S/C22H33BrNO6PS/c1-4-7-11-15-29-31(26,30-16-12-8-5-2)22(24-32(27,28)6-3)17-20(23)21(25)18-13-9-10-14-19(18)22/h9-10,13-14,17,24H,4-8,11-12,15-16H2,1-3H3. The van der Waals surface area contributed by atoms with Gasteiger partial charge in [-0.05, 0) is 41.8 Å². The van der Waals surface area contributed by atoms with Crippen LogP contribution in [0.4, 0.5) is 0 Å². The van der Waals surface area contributed by atoms with Crippen LogP contribution in [-0.4, -0.2) is 33.2 Å². The molecule has 0 amide bonds. The Bertz CT molecular complexity index is 964. The molecule has 1 aliphatic carbocycles. The van der Waals surface area contributed by atoms with E-state index < -0.39 is 22.9 Å². The lowest BCUT2D eigenvalue weighted by Crippen LogP contribution is -2.48. The first kappa shape index (κ1) is 27.4. The van der Waals surface area contributed by atoms with Crippen LogP contribution in [0.15, 0.2) is 34.8 Å². The number of hydrogen-bond donors (Lipinski definition) is 1. The summed E-state index contributed by atoms with van der Waals surface area (Å²) in [5.74, 6) is -0.558. The van der Waals surface area contributed by atoms with E-state index >= 15 is 0 Å². The van der Waals surface area contributed by atoms with Crippen LogP contribution in [0.25, 0.3) is 0 Å². The maximum Gasteiger partial charge on any atom is 0.360 e. The Morgan fingerprint density at radius 1 is 1.00 bits per heavy atom. The predicted octanol–water partition coefficient (Wildman–Crippen LogP) is 5.86. The number of nitrogens with one attached hydrogen (secondary N) is 1. The zero-order valence-corrected chi connectivity index (χ0v) is 22.2. The van der Waals surface area contributed by atoms with Crippen LogP contribution in [0.5, 0.6) is 0 Å². The van der Waals surface area contributed by atoms with Crippen LogP contribution in [0, 0.1) is 0 Å². The third-order valence-electron chi connectivity index (χ3n) is 5.28. The Kier molecular flexibility index (Phi) is 10.3. The number of rotatable bonds is 14. The van der Waals surface area contributed by atoms with Crippen LogP contribution in [0.3, 0.4) is 0 Å². The molecular weight excluding hydrogens is 517 g/mol. The molecule has 1 aliphatic rings. The van der Waals surface area contributed by atoms with Gasteiger partial charge in [0.15, 0.2) is 11.1 Å². The highest BCUT2D eigenvalue weighted by Gasteiger charge is 2.56. The first-order valence-corrected chi connectivity index (χ1v) is 15.1. The number of hydrogen-bond acceptors (Lipinski definition) is 6. The molecular formula is C22H33BrNO6PS. The smallest absolute Gasteiger partial charge is 0.307 e. The molecule has 2 rings (SSSR count). The van der Waals surface area contributed by atoms with Crippen molar-refractivity contribution < 1.29 is 26.8 Å². The van der Waals surface area contributed by atoms with Crippen LogP contribution in [0.2, 0.25) is 0 Å². The van der Waals surface area contributed by atoms with Crippen molar-refractivity contribution in [2.24, 2.45) is 0 Å². The molecule has 0 heterocycles. The van der Waals surface area contributed by atoms with Crippen molar-refractivity contribution in [2.45, 2.75) is 64.6 Å². The highest BCUT2D eigenvalue weighted by atomic mass is 79.9. The predicted molar refractivity (Wildman–Crippen MR) is 131 cm³/mol. The number of unbranched alkanes of at least 4 members (excludes halogenated alkanes) is 4. The molecule has 0 spiro atoms. The van der Waals surface area contributed by atoms with Crippen molar-refractivity contribution in [1.29, 1.82) is 0 Å². The van der Waals surface area contributed by atoms with Crippen LogP contribution in [-0.2, 0) is 28.9 Å². The largest absolute Gasteiger partial charge is 0.360 e. The van der Waals surface area contributed by atoms with Crippen molar-refractivity contribution in [1.82, 2.24) is 4.72 Å². The molecule has 180 valence electrons. The molecule has 1 N–H and O–H groups in total. The van der Waals surface area contributed by atoms with Gasteiger partial charge in [-0.25, -0.2) is 8.42 Å². The second kappa shape index (κ2) is 12.0. The molecule has 0 saturated heterocycles. The molecule has 1 aromatic carbocycles. The van der Waals surface area contributed by atoms with E-state index in [0.717, 1.165) is 25.7 Å². The van der Waals surface area contributed by atoms with E-state index in [1.165, 1.54) is 13.0 Å². The fourth-order valence-electron chi connectivity index (χ4n) is 3.46. The second-order valence-electron chi connectivity index (χ2n) is 7.72. The van der Waals surface area contributed by atoms with Crippen LogP contribution >= 0.6 is 23.5 Å². The molecule has 32 heavy (non-hydrogen) atoms. The number of benzene rings is 1. The van der Waals surface area contributed by atoms with E-state index in [0.29, 0.717) is 12.8 Å². The molecule has 0 saturated carbocycles. The van der Waals surface area contributed by atoms with Gasteiger partial charge in [0.05, 0.1) is 23.4 Å². The van der Waals surface area contributed by atoms with Crippen LogP contribution in [0.1, 0.15) is 75.2 Å². The lowest BCUT2D eigenvalue weighted by Gasteiger charge is -2.40. The lowest BCUT2D eigenvalue weighted by atomic mass is 9.92. The summed E-state index contributed by atoms with van der Waals surface area (Å²) in [6, 6.07) is 6.53. The molecule has 1 aromatic rings. The first-order chi connectivity index (χ1) is 15.2. The van der Waals surface area contributed by atoms with E-state index in [2.05, 4.69) is 20.7 Å². The highest BCUT2D eigenvalue weighted by molar-refractivity contribution is 9.12. The lowest BCUT2D eigenvalue weighted by molar-refractivity contribution is 0.103. The van der Waals surface area contributed by atoms with Crippen molar-refractivity contribution in [3.63, 3.8) is 0 Å². The zero-order valence-electron chi connectivity index (χ0n) is 18.9. The second-order valence-corrected chi connectivity index (χ2v) is 12.8. The number of carbonyl (C=O) groups is 1. The molecule has 0 fully saturated rings. The van der Waals surface area contributed by atoms with Gasteiger partial charge in [0, 0.05) is 11.1 Å². The van der Waals surface area contributed by atoms with Crippen molar-refractivity contribution in [3.05, 3.63) is 46.0 Å². The Balaban J connectivity index is 2.68. The summed E-state index contributed by atoms with van der Waals surface area (Å²) >= 11 is 3.25. The minimum absolute atomic E-state index is 0.101. The average molecular weight is 550 g/mol. The van der Waals surface area contributed by atoms with Gasteiger partial charge in [0.25, 0.3) is 0 Å². The van der Waals surface area contributed by atoms with Gasteiger partial charge in [-0.15, -0.1) is 0 Å². The van der Waals surface area contributed by atoms with E-state index in [1.54, 1.807) is 24.3 Å². The SMILES string of the molecule is CCCCCOP(=O)(OCCCCC)C1(NS(=O)(=O)CC)C=C(Br)C(=O)c2ccccc21. The third kappa shape index (κ3) is 6.19. The molecule has 1 atom stereocenters. The van der Waals surface area contributed by atoms with E-state index in [9.17, 15) is 17.8 Å². The maximum atomic E-state index is 14.5. The third-order valence-corrected chi connectivity index (χ3v) is 9.80. The minimum Gasteiger partial charge on any atom is -0.307 e. The Hall–Kier alpha value is -0.830.